The number of thioether (sulfide) groups is 1. The molecule has 4 N–H and O–H groups in total. The van der Waals surface area contributed by atoms with Gasteiger partial charge in [-0.15, -0.1) is 11.8 Å². The first-order valence-corrected chi connectivity index (χ1v) is 8.81. The zero-order valence-corrected chi connectivity index (χ0v) is 14.2. The van der Waals surface area contributed by atoms with Crippen molar-refractivity contribution in [3.8, 4) is 0 Å². The predicted molar refractivity (Wildman–Crippen MR) is 90.7 cm³/mol. The summed E-state index contributed by atoms with van der Waals surface area (Å²) in [7, 11) is 0. The molecule has 11 heteroatoms. The molecule has 0 saturated carbocycles. The molecule has 2 aliphatic rings. The Morgan fingerprint density at radius 1 is 1.48 bits per heavy atom. The molecule has 2 atom stereocenters. The number of carbonyl (C=O) groups excluding carboxylic acids is 3. The minimum Gasteiger partial charge on any atom is -0.477 e. The van der Waals surface area contributed by atoms with E-state index in [2.05, 4.69) is 16.9 Å². The molecule has 130 valence electrons. The highest BCUT2D eigenvalue weighted by atomic mass is 32.2. The van der Waals surface area contributed by atoms with Crippen LogP contribution in [0.4, 0.5) is 5.13 Å². The van der Waals surface area contributed by atoms with Crippen LogP contribution in [0.2, 0.25) is 0 Å². The summed E-state index contributed by atoms with van der Waals surface area (Å²) in [6.45, 7) is 3.55. The Balaban J connectivity index is 1.75. The summed E-state index contributed by atoms with van der Waals surface area (Å²) < 4.78 is 0. The van der Waals surface area contributed by atoms with Gasteiger partial charge in [-0.3, -0.25) is 19.3 Å². The molecule has 0 spiro atoms. The van der Waals surface area contributed by atoms with Crippen LogP contribution in [0.3, 0.4) is 0 Å². The Labute approximate surface area is 149 Å². The number of nitrogen functional groups attached to an aromatic ring is 1. The number of nitrogens with two attached hydrogens (primary N) is 1. The largest absolute Gasteiger partial charge is 0.477 e. The monoisotopic (exact) mass is 380 g/mol. The summed E-state index contributed by atoms with van der Waals surface area (Å²) in [6.07, 6.45) is 2.58. The van der Waals surface area contributed by atoms with Crippen LogP contribution in [-0.4, -0.2) is 55.7 Å². The lowest BCUT2D eigenvalue weighted by Crippen LogP contribution is -2.71. The number of fused-ring (bicyclic) bond motifs is 1. The molecule has 25 heavy (non-hydrogen) atoms. The molecule has 0 radical (unpaired) electrons. The first kappa shape index (κ1) is 17.2. The summed E-state index contributed by atoms with van der Waals surface area (Å²) in [4.78, 5) is 52.7. The summed E-state index contributed by atoms with van der Waals surface area (Å²) in [5.74, 6) is -3.29. The topological polar surface area (TPSA) is 143 Å². The maximum Gasteiger partial charge on any atom is 0.352 e. The van der Waals surface area contributed by atoms with E-state index >= 15 is 0 Å². The van der Waals surface area contributed by atoms with Crippen LogP contribution in [0.1, 0.15) is 9.67 Å². The predicted octanol–water partition coefficient (Wildman–Crippen LogP) is -0.167. The average molecular weight is 380 g/mol. The number of thiazole rings is 1. The van der Waals surface area contributed by atoms with Gasteiger partial charge in [0.2, 0.25) is 0 Å². The van der Waals surface area contributed by atoms with Gasteiger partial charge in [0.05, 0.1) is 6.20 Å². The van der Waals surface area contributed by atoms with E-state index in [1.165, 1.54) is 24.0 Å². The van der Waals surface area contributed by atoms with Crippen LogP contribution in [0.5, 0.6) is 0 Å². The Kier molecular flexibility index (Phi) is 4.35. The van der Waals surface area contributed by atoms with Gasteiger partial charge in [-0.2, -0.15) is 0 Å². The molecule has 1 saturated heterocycles. The number of amides is 2. The first-order chi connectivity index (χ1) is 11.8. The second kappa shape index (κ2) is 6.33. The number of hydrogen-bond acceptors (Lipinski definition) is 8. The van der Waals surface area contributed by atoms with Crippen molar-refractivity contribution in [2.45, 2.75) is 11.4 Å². The number of nitrogens with zero attached hydrogens (tertiary/aromatic N) is 2. The number of ketones is 1. The lowest BCUT2D eigenvalue weighted by atomic mass is 10.0. The second-order valence-corrected chi connectivity index (χ2v) is 7.30. The number of carboxylic acids is 1. The fourth-order valence-electron chi connectivity index (χ4n) is 2.51. The highest BCUT2D eigenvalue weighted by Crippen LogP contribution is 2.40. The SMILES string of the molecule is C=CC1=C(C(=O)O)N2C(=O)C(NC(=O)C(=O)c3cnc(N)s3)[C@@H]2SC1. The number of β-lactam (4-membered cyclic amide) rings is 1. The van der Waals surface area contributed by atoms with E-state index in [1.807, 2.05) is 0 Å². The van der Waals surface area contributed by atoms with Crippen LogP contribution in [0, 0.1) is 0 Å². The fourth-order valence-corrected chi connectivity index (χ4v) is 4.47. The number of anilines is 1. The minimum absolute atomic E-state index is 0.0648. The van der Waals surface area contributed by atoms with Crippen LogP contribution in [0.25, 0.3) is 0 Å². The van der Waals surface area contributed by atoms with E-state index in [1.54, 1.807) is 0 Å². The fraction of sp³-hybridized carbons (Fsp3) is 0.214. The van der Waals surface area contributed by atoms with Crippen molar-refractivity contribution < 1.29 is 24.3 Å². The molecule has 1 unspecified atom stereocenters. The van der Waals surface area contributed by atoms with E-state index in [9.17, 15) is 24.3 Å². The number of aromatic nitrogens is 1. The molecule has 0 bridgehead atoms. The maximum atomic E-state index is 12.3. The van der Waals surface area contributed by atoms with Gasteiger partial charge in [0.1, 0.15) is 22.0 Å². The van der Waals surface area contributed by atoms with Crippen LogP contribution >= 0.6 is 23.1 Å². The quantitative estimate of drug-likeness (QED) is 0.363. The number of hydrogen-bond donors (Lipinski definition) is 3. The standard InChI is InChI=1S/C14H12N4O5S2/c1-2-5-4-24-12-7(11(21)18(12)8(5)13(22)23)17-10(20)9(19)6-3-16-14(15)25-6/h2-3,7,12H,1,4H2,(H2,15,16)(H,17,20)(H,22,23)/t7?,12-/m0/s1. The summed E-state index contributed by atoms with van der Waals surface area (Å²) in [5.41, 5.74) is 5.72. The molecule has 1 aromatic heterocycles. The Bertz CT molecular complexity index is 846. The number of carbonyl (C=O) groups is 4. The van der Waals surface area contributed by atoms with Crippen molar-refractivity contribution in [3.05, 3.63) is 35.0 Å². The highest BCUT2D eigenvalue weighted by Gasteiger charge is 2.54. The number of Topliss-reactive ketones (excluding diaryl/α,β-unsaturated/α-hetero) is 1. The molecular weight excluding hydrogens is 368 g/mol. The number of allylic oxidation sites excluding steroid dienone is 1. The molecule has 2 aliphatic heterocycles. The number of nitrogens with one attached hydrogen (secondary N) is 1. The van der Waals surface area contributed by atoms with Crippen molar-refractivity contribution in [2.24, 2.45) is 0 Å². The third-order valence-corrected chi connectivity index (χ3v) is 5.81. The Hall–Kier alpha value is -2.66. The van der Waals surface area contributed by atoms with E-state index in [0.29, 0.717) is 11.3 Å². The molecule has 1 aromatic rings. The third-order valence-electron chi connectivity index (χ3n) is 3.69. The van der Waals surface area contributed by atoms with Gasteiger partial charge in [-0.1, -0.05) is 24.0 Å². The molecule has 1 fully saturated rings. The van der Waals surface area contributed by atoms with Crippen molar-refractivity contribution in [2.75, 3.05) is 11.5 Å². The molecule has 0 aromatic carbocycles. The van der Waals surface area contributed by atoms with Gasteiger partial charge in [-0.05, 0) is 5.57 Å². The van der Waals surface area contributed by atoms with Crippen molar-refractivity contribution in [3.63, 3.8) is 0 Å². The Morgan fingerprint density at radius 2 is 2.20 bits per heavy atom. The molecule has 2 amide bonds. The van der Waals surface area contributed by atoms with Gasteiger partial charge >= 0.3 is 5.97 Å². The van der Waals surface area contributed by atoms with Gasteiger partial charge < -0.3 is 16.2 Å². The van der Waals surface area contributed by atoms with Crippen molar-refractivity contribution in [1.29, 1.82) is 0 Å². The second-order valence-electron chi connectivity index (χ2n) is 5.14. The maximum absolute atomic E-state index is 12.3. The summed E-state index contributed by atoms with van der Waals surface area (Å²) >= 11 is 2.16. The van der Waals surface area contributed by atoms with Gasteiger partial charge in [0.25, 0.3) is 17.6 Å². The zero-order chi connectivity index (χ0) is 18.3. The Morgan fingerprint density at radius 3 is 2.76 bits per heavy atom. The normalized spacial score (nSPS) is 22.1. The summed E-state index contributed by atoms with van der Waals surface area (Å²) in [6, 6.07) is -0.965. The molecule has 3 rings (SSSR count). The van der Waals surface area contributed by atoms with Gasteiger partial charge in [0, 0.05) is 5.75 Å². The highest BCUT2D eigenvalue weighted by molar-refractivity contribution is 8.00. The minimum atomic E-state index is -1.24. The lowest BCUT2D eigenvalue weighted by Gasteiger charge is -2.49. The molecule has 9 nitrogen and oxygen atoms in total. The van der Waals surface area contributed by atoms with Crippen LogP contribution in [0.15, 0.2) is 30.1 Å². The first-order valence-electron chi connectivity index (χ1n) is 6.95. The van der Waals surface area contributed by atoms with Crippen molar-refractivity contribution >= 4 is 51.8 Å². The molecular formula is C14H12N4O5S2. The van der Waals surface area contributed by atoms with E-state index in [4.69, 9.17) is 5.73 Å². The van der Waals surface area contributed by atoms with Crippen LogP contribution < -0.4 is 11.1 Å². The van der Waals surface area contributed by atoms with Gasteiger partial charge in [-0.25, -0.2) is 9.78 Å². The molecule has 0 aliphatic carbocycles. The lowest BCUT2D eigenvalue weighted by molar-refractivity contribution is -0.150. The van der Waals surface area contributed by atoms with Gasteiger partial charge in [0.15, 0.2) is 5.13 Å². The van der Waals surface area contributed by atoms with E-state index in [-0.39, 0.29) is 15.7 Å². The summed E-state index contributed by atoms with van der Waals surface area (Å²) in [5, 5.41) is 11.3. The number of rotatable bonds is 5. The third kappa shape index (κ3) is 2.81. The number of carboxylic acid groups (broad SMARTS) is 1. The van der Waals surface area contributed by atoms with E-state index in [0.717, 1.165) is 16.2 Å². The van der Waals surface area contributed by atoms with Crippen molar-refractivity contribution in [1.82, 2.24) is 15.2 Å². The smallest absolute Gasteiger partial charge is 0.352 e. The number of aliphatic carboxylic acids is 1. The van der Waals surface area contributed by atoms with Crippen LogP contribution in [-0.2, 0) is 14.4 Å². The zero-order valence-electron chi connectivity index (χ0n) is 12.6. The average Bonchev–Trinajstić information content (AvgIpc) is 3.03. The molecule has 3 heterocycles. The van der Waals surface area contributed by atoms with E-state index < -0.39 is 35.0 Å².